The minimum atomic E-state index is -0.471. The van der Waals surface area contributed by atoms with Crippen LogP contribution in [-0.2, 0) is 4.74 Å². The van der Waals surface area contributed by atoms with Gasteiger partial charge in [0.15, 0.2) is 0 Å². The number of para-hydroxylation sites is 1. The standard InChI is InChI=1S/C19H32N2O3/c1-7-16(15-11-9-10-12-17(15)23-6)20-13-14-21(8-2)18(22)24-19(3,4)5/h9-12,16,20H,7-8,13-14H2,1-6H3. The van der Waals surface area contributed by atoms with Crippen molar-refractivity contribution >= 4 is 6.09 Å². The first kappa shape index (κ1) is 20.3. The molecule has 5 nitrogen and oxygen atoms in total. The number of rotatable bonds is 8. The normalized spacial score (nSPS) is 12.6. The van der Waals surface area contributed by atoms with Crippen LogP contribution in [0.15, 0.2) is 24.3 Å². The van der Waals surface area contributed by atoms with Crippen molar-refractivity contribution in [1.82, 2.24) is 10.2 Å². The summed E-state index contributed by atoms with van der Waals surface area (Å²) in [5, 5.41) is 3.51. The van der Waals surface area contributed by atoms with Gasteiger partial charge in [-0.05, 0) is 40.2 Å². The van der Waals surface area contributed by atoms with Gasteiger partial charge in [0, 0.05) is 31.2 Å². The smallest absolute Gasteiger partial charge is 0.410 e. The predicted molar refractivity (Wildman–Crippen MR) is 97.5 cm³/mol. The molecule has 0 aliphatic heterocycles. The molecule has 0 aliphatic rings. The summed E-state index contributed by atoms with van der Waals surface area (Å²) >= 11 is 0. The first-order chi connectivity index (χ1) is 11.3. The molecule has 0 aliphatic carbocycles. The molecule has 0 radical (unpaired) electrons. The third-order valence-corrected chi connectivity index (χ3v) is 3.73. The molecule has 0 saturated carbocycles. The Morgan fingerprint density at radius 1 is 1.25 bits per heavy atom. The van der Waals surface area contributed by atoms with Crippen molar-refractivity contribution in [2.45, 2.75) is 52.7 Å². The second-order valence-electron chi connectivity index (χ2n) is 6.72. The molecular formula is C19H32N2O3. The number of ether oxygens (including phenoxy) is 2. The van der Waals surface area contributed by atoms with Crippen LogP contribution in [0.1, 0.15) is 52.6 Å². The highest BCUT2D eigenvalue weighted by atomic mass is 16.6. The summed E-state index contributed by atoms with van der Waals surface area (Å²) in [4.78, 5) is 13.9. The fourth-order valence-electron chi connectivity index (χ4n) is 2.51. The Morgan fingerprint density at radius 2 is 1.92 bits per heavy atom. The van der Waals surface area contributed by atoms with Crippen LogP contribution in [0.3, 0.4) is 0 Å². The summed E-state index contributed by atoms with van der Waals surface area (Å²) < 4.78 is 10.9. The summed E-state index contributed by atoms with van der Waals surface area (Å²) in [6, 6.07) is 8.22. The van der Waals surface area contributed by atoms with E-state index in [1.54, 1.807) is 12.0 Å². The Hall–Kier alpha value is -1.75. The number of nitrogens with one attached hydrogen (secondary N) is 1. The SMILES string of the molecule is CCC(NCCN(CC)C(=O)OC(C)(C)C)c1ccccc1OC. The summed E-state index contributed by atoms with van der Waals surface area (Å²) in [5.74, 6) is 0.885. The van der Waals surface area contributed by atoms with Gasteiger partial charge < -0.3 is 19.7 Å². The highest BCUT2D eigenvalue weighted by Gasteiger charge is 2.21. The van der Waals surface area contributed by atoms with E-state index >= 15 is 0 Å². The summed E-state index contributed by atoms with van der Waals surface area (Å²) in [5.41, 5.74) is 0.671. The fourth-order valence-corrected chi connectivity index (χ4v) is 2.51. The maximum Gasteiger partial charge on any atom is 0.410 e. The Bertz CT molecular complexity index is 512. The van der Waals surface area contributed by atoms with Gasteiger partial charge in [-0.2, -0.15) is 0 Å². The zero-order valence-corrected chi connectivity index (χ0v) is 15.9. The van der Waals surface area contributed by atoms with Crippen LogP contribution in [0.25, 0.3) is 0 Å². The van der Waals surface area contributed by atoms with Crippen molar-refractivity contribution in [1.29, 1.82) is 0 Å². The lowest BCUT2D eigenvalue weighted by Crippen LogP contribution is -2.40. The van der Waals surface area contributed by atoms with Crippen LogP contribution in [-0.4, -0.2) is 43.3 Å². The Kier molecular flexibility index (Phi) is 8.05. The number of hydrogen-bond acceptors (Lipinski definition) is 4. The third kappa shape index (κ3) is 6.40. The number of amides is 1. The van der Waals surface area contributed by atoms with E-state index in [1.807, 2.05) is 45.9 Å². The van der Waals surface area contributed by atoms with E-state index in [9.17, 15) is 4.79 Å². The molecular weight excluding hydrogens is 304 g/mol. The van der Waals surface area contributed by atoms with Gasteiger partial charge in [-0.25, -0.2) is 4.79 Å². The molecule has 1 atom stereocenters. The van der Waals surface area contributed by atoms with Gasteiger partial charge in [0.2, 0.25) is 0 Å². The molecule has 1 rings (SSSR count). The van der Waals surface area contributed by atoms with Crippen LogP contribution >= 0.6 is 0 Å². The Labute approximate surface area is 146 Å². The van der Waals surface area contributed by atoms with E-state index in [0.717, 1.165) is 17.7 Å². The van der Waals surface area contributed by atoms with Crippen LogP contribution in [0.2, 0.25) is 0 Å². The van der Waals surface area contributed by atoms with Gasteiger partial charge in [-0.1, -0.05) is 25.1 Å². The molecule has 0 spiro atoms. The predicted octanol–water partition coefficient (Wildman–Crippen LogP) is 3.99. The monoisotopic (exact) mass is 336 g/mol. The average Bonchev–Trinajstić information content (AvgIpc) is 2.53. The van der Waals surface area contributed by atoms with Gasteiger partial charge in [0.25, 0.3) is 0 Å². The van der Waals surface area contributed by atoms with Gasteiger partial charge in [-0.3, -0.25) is 0 Å². The molecule has 136 valence electrons. The van der Waals surface area contributed by atoms with E-state index in [2.05, 4.69) is 18.3 Å². The molecule has 0 heterocycles. The Balaban J connectivity index is 2.61. The van der Waals surface area contributed by atoms with Crippen molar-refractivity contribution < 1.29 is 14.3 Å². The molecule has 0 saturated heterocycles. The average molecular weight is 336 g/mol. The Morgan fingerprint density at radius 3 is 2.46 bits per heavy atom. The van der Waals surface area contributed by atoms with E-state index < -0.39 is 5.60 Å². The summed E-state index contributed by atoms with van der Waals surface area (Å²) in [7, 11) is 1.69. The molecule has 1 N–H and O–H groups in total. The third-order valence-electron chi connectivity index (χ3n) is 3.73. The van der Waals surface area contributed by atoms with Gasteiger partial charge in [0.1, 0.15) is 11.4 Å². The molecule has 1 aromatic carbocycles. The van der Waals surface area contributed by atoms with Gasteiger partial charge in [0.05, 0.1) is 7.11 Å². The number of benzene rings is 1. The van der Waals surface area contributed by atoms with Crippen molar-refractivity contribution in [2.24, 2.45) is 0 Å². The van der Waals surface area contributed by atoms with Crippen molar-refractivity contribution in [2.75, 3.05) is 26.7 Å². The molecule has 0 bridgehead atoms. The second-order valence-corrected chi connectivity index (χ2v) is 6.72. The zero-order chi connectivity index (χ0) is 18.2. The van der Waals surface area contributed by atoms with E-state index in [1.165, 1.54) is 0 Å². The topological polar surface area (TPSA) is 50.8 Å². The quantitative estimate of drug-likeness (QED) is 0.780. The highest BCUT2D eigenvalue weighted by Crippen LogP contribution is 2.26. The largest absolute Gasteiger partial charge is 0.496 e. The minimum Gasteiger partial charge on any atom is -0.496 e. The lowest BCUT2D eigenvalue weighted by molar-refractivity contribution is 0.0261. The molecule has 1 unspecified atom stereocenters. The van der Waals surface area contributed by atoms with E-state index in [-0.39, 0.29) is 12.1 Å². The molecule has 5 heteroatoms. The number of carbonyl (C=O) groups excluding carboxylic acids is 1. The van der Waals surface area contributed by atoms with Crippen molar-refractivity contribution in [3.8, 4) is 5.75 Å². The molecule has 1 amide bonds. The van der Waals surface area contributed by atoms with Crippen molar-refractivity contribution in [3.05, 3.63) is 29.8 Å². The van der Waals surface area contributed by atoms with Crippen molar-refractivity contribution in [3.63, 3.8) is 0 Å². The number of carbonyl (C=O) groups is 1. The van der Waals surface area contributed by atoms with Gasteiger partial charge >= 0.3 is 6.09 Å². The number of hydrogen-bond donors (Lipinski definition) is 1. The van der Waals surface area contributed by atoms with E-state index in [0.29, 0.717) is 19.6 Å². The summed E-state index contributed by atoms with van der Waals surface area (Å²) in [6.07, 6.45) is 0.677. The fraction of sp³-hybridized carbons (Fsp3) is 0.632. The summed E-state index contributed by atoms with van der Waals surface area (Å²) in [6.45, 7) is 11.7. The highest BCUT2D eigenvalue weighted by molar-refractivity contribution is 5.68. The molecule has 0 aromatic heterocycles. The van der Waals surface area contributed by atoms with Gasteiger partial charge in [-0.15, -0.1) is 0 Å². The molecule has 1 aromatic rings. The second kappa shape index (κ2) is 9.52. The zero-order valence-electron chi connectivity index (χ0n) is 15.9. The van der Waals surface area contributed by atoms with Crippen LogP contribution in [0.5, 0.6) is 5.75 Å². The number of likely N-dealkylation sites (N-methyl/N-ethyl adjacent to an activating group) is 1. The van der Waals surface area contributed by atoms with E-state index in [4.69, 9.17) is 9.47 Å². The first-order valence-corrected chi connectivity index (χ1v) is 8.66. The molecule has 24 heavy (non-hydrogen) atoms. The number of methoxy groups -OCH3 is 1. The van der Waals surface area contributed by atoms with Crippen LogP contribution in [0.4, 0.5) is 4.79 Å². The lowest BCUT2D eigenvalue weighted by atomic mass is 10.0. The first-order valence-electron chi connectivity index (χ1n) is 8.66. The number of nitrogens with zero attached hydrogens (tertiary/aromatic N) is 1. The van der Waals surface area contributed by atoms with Crippen LogP contribution < -0.4 is 10.1 Å². The van der Waals surface area contributed by atoms with Crippen LogP contribution in [0, 0.1) is 0 Å². The minimum absolute atomic E-state index is 0.193. The molecule has 0 fully saturated rings. The maximum atomic E-state index is 12.2. The maximum absolute atomic E-state index is 12.2. The lowest BCUT2D eigenvalue weighted by Gasteiger charge is -2.27.